The van der Waals surface area contributed by atoms with Gasteiger partial charge in [0.2, 0.25) is 0 Å². The zero-order valence-electron chi connectivity index (χ0n) is 8.73. The molecule has 0 aromatic heterocycles. The Labute approximate surface area is 89.9 Å². The van der Waals surface area contributed by atoms with Crippen LogP contribution in [0.5, 0.6) is 0 Å². The van der Waals surface area contributed by atoms with Gasteiger partial charge in [-0.25, -0.2) is 0 Å². The molecule has 0 atom stereocenters. The Bertz CT molecular complexity index is 374. The molecule has 15 heavy (non-hydrogen) atoms. The number of nitrogens with two attached hydrogens (primary N) is 1. The molecule has 1 aromatic rings. The van der Waals surface area contributed by atoms with Crippen molar-refractivity contribution in [1.29, 1.82) is 0 Å². The van der Waals surface area contributed by atoms with Crippen molar-refractivity contribution in [2.45, 2.75) is 6.92 Å². The highest BCUT2D eigenvalue weighted by atomic mass is 16.6. The van der Waals surface area contributed by atoms with Crippen LogP contribution in [0.3, 0.4) is 0 Å². The average molecular weight is 202 g/mol. The molecule has 0 spiro atoms. The van der Waals surface area contributed by atoms with E-state index in [2.05, 4.69) is 17.0 Å². The molecule has 3 nitrogen and oxygen atoms in total. The Balaban J connectivity index is 2.35. The molecule has 78 valence electrons. The van der Waals surface area contributed by atoms with Crippen molar-refractivity contribution in [3.8, 4) is 11.8 Å². The monoisotopic (exact) mass is 202 g/mol. The molecule has 0 aliphatic carbocycles. The first-order valence-corrected chi connectivity index (χ1v) is 4.72. The van der Waals surface area contributed by atoms with Gasteiger partial charge < -0.3 is 10.6 Å². The van der Waals surface area contributed by atoms with E-state index in [9.17, 15) is 0 Å². The van der Waals surface area contributed by atoms with E-state index < -0.39 is 0 Å². The summed E-state index contributed by atoms with van der Waals surface area (Å²) in [6.07, 6.45) is 0. The summed E-state index contributed by atoms with van der Waals surface area (Å²) in [7, 11) is 0. The Morgan fingerprint density at radius 2 is 2.13 bits per heavy atom. The number of hydrogen-bond acceptors (Lipinski definition) is 3. The van der Waals surface area contributed by atoms with E-state index in [0.717, 1.165) is 11.3 Å². The molecule has 0 aliphatic heterocycles. The van der Waals surface area contributed by atoms with Crippen LogP contribution in [0.2, 0.25) is 0 Å². The highest BCUT2D eigenvalue weighted by molar-refractivity contribution is 5.83. The molecule has 0 unspecified atom stereocenters. The molecule has 0 bridgehead atoms. The summed E-state index contributed by atoms with van der Waals surface area (Å²) in [6, 6.07) is 9.74. The summed E-state index contributed by atoms with van der Waals surface area (Å²) in [5, 5.41) is 3.76. The molecule has 0 radical (unpaired) electrons. The minimum atomic E-state index is 0.284. The summed E-state index contributed by atoms with van der Waals surface area (Å²) < 4.78 is 0. The van der Waals surface area contributed by atoms with Gasteiger partial charge in [-0.1, -0.05) is 35.2 Å². The van der Waals surface area contributed by atoms with E-state index >= 15 is 0 Å². The van der Waals surface area contributed by atoms with E-state index in [1.165, 1.54) is 0 Å². The second-order valence-corrected chi connectivity index (χ2v) is 2.97. The van der Waals surface area contributed by atoms with E-state index in [4.69, 9.17) is 10.6 Å². The number of benzene rings is 1. The van der Waals surface area contributed by atoms with Crippen molar-refractivity contribution in [2.75, 3.05) is 13.2 Å². The van der Waals surface area contributed by atoms with Crippen molar-refractivity contribution < 1.29 is 4.84 Å². The Kier molecular flexibility index (Phi) is 4.99. The molecule has 1 aromatic carbocycles. The standard InChI is InChI=1S/C12H14N2O/c1-11(10-13)14-15-9-5-8-12-6-3-2-4-7-12/h2-4,6-7H,9-10,13H2,1H3. The van der Waals surface area contributed by atoms with Crippen LogP contribution in [0, 0.1) is 11.8 Å². The predicted octanol–water partition coefficient (Wildman–Crippen LogP) is 1.39. The normalized spacial score (nSPS) is 10.4. The summed E-state index contributed by atoms with van der Waals surface area (Å²) in [4.78, 5) is 4.94. The van der Waals surface area contributed by atoms with E-state index in [-0.39, 0.29) is 6.61 Å². The molecule has 0 amide bonds. The first-order valence-electron chi connectivity index (χ1n) is 4.72. The molecule has 0 heterocycles. The smallest absolute Gasteiger partial charge is 0.177 e. The zero-order chi connectivity index (χ0) is 10.9. The van der Waals surface area contributed by atoms with Crippen LogP contribution in [-0.4, -0.2) is 18.9 Å². The van der Waals surface area contributed by atoms with Crippen molar-refractivity contribution >= 4 is 5.71 Å². The highest BCUT2D eigenvalue weighted by Crippen LogP contribution is 1.94. The number of oxime groups is 1. The second-order valence-electron chi connectivity index (χ2n) is 2.97. The molecule has 3 heteroatoms. The van der Waals surface area contributed by atoms with E-state index in [1.54, 1.807) is 0 Å². The van der Waals surface area contributed by atoms with Crippen LogP contribution in [0.15, 0.2) is 35.5 Å². The van der Waals surface area contributed by atoms with Crippen LogP contribution in [0.25, 0.3) is 0 Å². The lowest BCUT2D eigenvalue weighted by Crippen LogP contribution is -2.09. The molecule has 0 saturated carbocycles. The quantitative estimate of drug-likeness (QED) is 0.348. The van der Waals surface area contributed by atoms with Gasteiger partial charge in [0, 0.05) is 12.1 Å². The SMILES string of the molecule is CC(CN)=NOCC#Cc1ccccc1. The molecule has 0 aliphatic rings. The fourth-order valence-corrected chi connectivity index (χ4v) is 0.872. The summed E-state index contributed by atoms with van der Waals surface area (Å²) in [6.45, 7) is 2.50. The van der Waals surface area contributed by atoms with Gasteiger partial charge >= 0.3 is 0 Å². The molecule has 0 saturated heterocycles. The maximum absolute atomic E-state index is 5.33. The molecular weight excluding hydrogens is 188 g/mol. The van der Waals surface area contributed by atoms with Gasteiger partial charge in [0.1, 0.15) is 0 Å². The van der Waals surface area contributed by atoms with Gasteiger partial charge in [-0.05, 0) is 19.1 Å². The van der Waals surface area contributed by atoms with Gasteiger partial charge in [0.05, 0.1) is 5.71 Å². The summed E-state index contributed by atoms with van der Waals surface area (Å²) in [5.74, 6) is 5.82. The van der Waals surface area contributed by atoms with Crippen LogP contribution in [-0.2, 0) is 4.84 Å². The fraction of sp³-hybridized carbons (Fsp3) is 0.250. The summed E-state index contributed by atoms with van der Waals surface area (Å²) >= 11 is 0. The minimum absolute atomic E-state index is 0.284. The minimum Gasteiger partial charge on any atom is -0.383 e. The third kappa shape index (κ3) is 4.84. The largest absolute Gasteiger partial charge is 0.383 e. The molecular formula is C12H14N2O. The lowest BCUT2D eigenvalue weighted by molar-refractivity contribution is 0.179. The first-order chi connectivity index (χ1) is 7.33. The van der Waals surface area contributed by atoms with Gasteiger partial charge in [-0.3, -0.25) is 0 Å². The van der Waals surface area contributed by atoms with Gasteiger partial charge in [-0.15, -0.1) is 0 Å². The van der Waals surface area contributed by atoms with E-state index in [1.807, 2.05) is 37.3 Å². The average Bonchev–Trinajstić information content (AvgIpc) is 2.29. The van der Waals surface area contributed by atoms with Crippen LogP contribution < -0.4 is 5.73 Å². The number of nitrogens with zero attached hydrogens (tertiary/aromatic N) is 1. The van der Waals surface area contributed by atoms with Gasteiger partial charge in [0.25, 0.3) is 0 Å². The maximum atomic E-state index is 5.33. The third-order valence-corrected chi connectivity index (χ3v) is 1.66. The summed E-state index contributed by atoms with van der Waals surface area (Å²) in [5.41, 5.74) is 7.06. The van der Waals surface area contributed by atoms with Crippen molar-refractivity contribution in [2.24, 2.45) is 10.9 Å². The number of rotatable bonds is 3. The fourth-order valence-electron chi connectivity index (χ4n) is 0.872. The Morgan fingerprint density at radius 1 is 1.40 bits per heavy atom. The highest BCUT2D eigenvalue weighted by Gasteiger charge is 1.84. The van der Waals surface area contributed by atoms with Crippen molar-refractivity contribution in [3.05, 3.63) is 35.9 Å². The first kappa shape index (κ1) is 11.3. The van der Waals surface area contributed by atoms with Gasteiger partial charge in [0.15, 0.2) is 6.61 Å². The predicted molar refractivity (Wildman–Crippen MR) is 61.4 cm³/mol. The van der Waals surface area contributed by atoms with Crippen LogP contribution in [0.4, 0.5) is 0 Å². The van der Waals surface area contributed by atoms with E-state index in [0.29, 0.717) is 6.54 Å². The lowest BCUT2D eigenvalue weighted by Gasteiger charge is -1.94. The van der Waals surface area contributed by atoms with Crippen LogP contribution in [0.1, 0.15) is 12.5 Å². The Hall–Kier alpha value is -1.79. The molecule has 0 fully saturated rings. The lowest BCUT2D eigenvalue weighted by atomic mass is 10.2. The maximum Gasteiger partial charge on any atom is 0.177 e. The third-order valence-electron chi connectivity index (χ3n) is 1.66. The topological polar surface area (TPSA) is 47.6 Å². The van der Waals surface area contributed by atoms with Gasteiger partial charge in [-0.2, -0.15) is 0 Å². The number of hydrogen-bond donors (Lipinski definition) is 1. The van der Waals surface area contributed by atoms with Crippen LogP contribution >= 0.6 is 0 Å². The molecule has 2 N–H and O–H groups in total. The van der Waals surface area contributed by atoms with Crippen molar-refractivity contribution in [1.82, 2.24) is 0 Å². The second kappa shape index (κ2) is 6.63. The Morgan fingerprint density at radius 3 is 2.80 bits per heavy atom. The zero-order valence-corrected chi connectivity index (χ0v) is 8.73. The van der Waals surface area contributed by atoms with Crippen molar-refractivity contribution in [3.63, 3.8) is 0 Å². The molecule has 1 rings (SSSR count).